The second-order valence-corrected chi connectivity index (χ2v) is 6.37. The molecule has 0 fully saturated rings. The van der Waals surface area contributed by atoms with Crippen LogP contribution in [-0.4, -0.2) is 23.3 Å². The van der Waals surface area contributed by atoms with E-state index in [-0.39, 0.29) is 0 Å². The third-order valence-electron chi connectivity index (χ3n) is 4.71. The highest BCUT2D eigenvalue weighted by Crippen LogP contribution is 2.46. The predicted octanol–water partition coefficient (Wildman–Crippen LogP) is 4.55. The summed E-state index contributed by atoms with van der Waals surface area (Å²) in [5, 5.41) is 18.4. The number of halogens is 1. The van der Waals surface area contributed by atoms with Gasteiger partial charge in [-0.05, 0) is 23.6 Å². The quantitative estimate of drug-likeness (QED) is 0.545. The van der Waals surface area contributed by atoms with Crippen LogP contribution in [0.4, 0.5) is 4.39 Å². The van der Waals surface area contributed by atoms with E-state index < -0.39 is 18.6 Å². The molecule has 0 aromatic heterocycles. The molecule has 0 aliphatic heterocycles. The maximum Gasteiger partial charge on any atom is 0.465 e. The molecule has 0 saturated heterocycles. The number of hydrogen-bond acceptors (Lipinski definition) is 2. The lowest BCUT2D eigenvalue weighted by Crippen LogP contribution is -2.39. The van der Waals surface area contributed by atoms with Crippen molar-refractivity contribution in [1.29, 1.82) is 0 Å². The van der Waals surface area contributed by atoms with E-state index in [1.807, 2.05) is 36.4 Å². The number of benzene rings is 1. The Kier molecular flexibility index (Phi) is 6.61. The minimum atomic E-state index is -1.69. The highest BCUT2D eigenvalue weighted by molar-refractivity contribution is 6.47. The Morgan fingerprint density at radius 1 is 1.09 bits per heavy atom. The van der Waals surface area contributed by atoms with E-state index >= 15 is 0 Å². The SMILES string of the molecule is CCCCCCCC1(B(O)O)C=CC(c2ccccc2)=CC1F. The standard InChI is InChI=1S/C19H26BFO2/c1-2-3-4-5-9-13-19(20(22)23)14-12-17(15-18(19)21)16-10-7-6-8-11-16/h6-8,10-12,14-15,18,22-23H,2-5,9,13H2,1H3. The number of alkyl halides is 1. The third-order valence-corrected chi connectivity index (χ3v) is 4.71. The first kappa shape index (κ1) is 18.0. The van der Waals surface area contributed by atoms with Gasteiger partial charge in [-0.15, -0.1) is 0 Å². The summed E-state index contributed by atoms with van der Waals surface area (Å²) in [5.41, 5.74) is 1.73. The average Bonchev–Trinajstić information content (AvgIpc) is 2.56. The van der Waals surface area contributed by atoms with Crippen LogP contribution in [-0.2, 0) is 0 Å². The average molecular weight is 316 g/mol. The molecule has 0 spiro atoms. The van der Waals surface area contributed by atoms with E-state index in [1.54, 1.807) is 6.08 Å². The summed E-state index contributed by atoms with van der Waals surface area (Å²) in [6.07, 6.45) is 9.28. The van der Waals surface area contributed by atoms with Crippen LogP contribution in [0.15, 0.2) is 48.6 Å². The number of hydrogen-bond donors (Lipinski definition) is 2. The summed E-state index contributed by atoms with van der Waals surface area (Å²) in [7, 11) is -1.69. The van der Waals surface area contributed by atoms with Gasteiger partial charge in [0.25, 0.3) is 0 Å². The molecule has 2 nitrogen and oxygen atoms in total. The van der Waals surface area contributed by atoms with Crippen molar-refractivity contribution < 1.29 is 14.4 Å². The Balaban J connectivity index is 2.08. The molecule has 2 atom stereocenters. The molecule has 0 radical (unpaired) electrons. The van der Waals surface area contributed by atoms with Crippen LogP contribution in [0.5, 0.6) is 0 Å². The second kappa shape index (κ2) is 8.46. The molecule has 23 heavy (non-hydrogen) atoms. The van der Waals surface area contributed by atoms with Gasteiger partial charge in [0.05, 0.1) is 5.31 Å². The lowest BCUT2D eigenvalue weighted by Gasteiger charge is -2.34. The lowest BCUT2D eigenvalue weighted by molar-refractivity contribution is 0.252. The Bertz CT molecular complexity index is 542. The Hall–Kier alpha value is -1.39. The molecule has 2 N–H and O–H groups in total. The monoisotopic (exact) mass is 316 g/mol. The minimum Gasteiger partial charge on any atom is -0.426 e. The van der Waals surface area contributed by atoms with E-state index in [0.717, 1.165) is 36.8 Å². The van der Waals surface area contributed by atoms with Gasteiger partial charge in [0, 0.05) is 0 Å². The third kappa shape index (κ3) is 4.33. The van der Waals surface area contributed by atoms with Crippen molar-refractivity contribution >= 4 is 12.7 Å². The summed E-state index contributed by atoms with van der Waals surface area (Å²) in [5.74, 6) is 0. The lowest BCUT2D eigenvalue weighted by atomic mass is 9.51. The number of allylic oxidation sites excluding steroid dienone is 4. The van der Waals surface area contributed by atoms with E-state index in [1.165, 1.54) is 12.5 Å². The molecule has 1 aliphatic carbocycles. The fourth-order valence-corrected chi connectivity index (χ4v) is 3.14. The first-order valence-electron chi connectivity index (χ1n) is 8.57. The van der Waals surface area contributed by atoms with E-state index in [9.17, 15) is 14.4 Å². The summed E-state index contributed by atoms with van der Waals surface area (Å²) in [6, 6.07) is 9.59. The molecule has 2 unspecified atom stereocenters. The van der Waals surface area contributed by atoms with Crippen molar-refractivity contribution in [3.8, 4) is 0 Å². The van der Waals surface area contributed by atoms with Gasteiger partial charge in [0.15, 0.2) is 0 Å². The summed E-state index contributed by atoms with van der Waals surface area (Å²) >= 11 is 0. The van der Waals surface area contributed by atoms with Gasteiger partial charge in [0.1, 0.15) is 6.17 Å². The topological polar surface area (TPSA) is 40.5 Å². The van der Waals surface area contributed by atoms with E-state index in [4.69, 9.17) is 0 Å². The molecule has 1 aliphatic rings. The molecule has 4 heteroatoms. The fraction of sp³-hybridized carbons (Fsp3) is 0.474. The minimum absolute atomic E-state index is 0.449. The van der Waals surface area contributed by atoms with Crippen LogP contribution in [0.2, 0.25) is 5.31 Å². The number of unbranched alkanes of at least 4 members (excludes halogenated alkanes) is 4. The zero-order valence-corrected chi connectivity index (χ0v) is 13.8. The van der Waals surface area contributed by atoms with Crippen LogP contribution in [0.1, 0.15) is 51.0 Å². The van der Waals surface area contributed by atoms with Crippen LogP contribution < -0.4 is 0 Å². The fourth-order valence-electron chi connectivity index (χ4n) is 3.14. The van der Waals surface area contributed by atoms with Crippen LogP contribution >= 0.6 is 0 Å². The van der Waals surface area contributed by atoms with Gasteiger partial charge in [0.2, 0.25) is 0 Å². The Morgan fingerprint density at radius 2 is 1.78 bits per heavy atom. The summed E-state index contributed by atoms with van der Waals surface area (Å²) in [6.45, 7) is 2.15. The zero-order valence-electron chi connectivity index (χ0n) is 13.8. The van der Waals surface area contributed by atoms with Crippen molar-refractivity contribution in [2.24, 2.45) is 0 Å². The van der Waals surface area contributed by atoms with Crippen molar-refractivity contribution in [2.45, 2.75) is 56.9 Å². The van der Waals surface area contributed by atoms with Crippen molar-refractivity contribution in [2.75, 3.05) is 0 Å². The molecule has 1 aromatic carbocycles. The maximum atomic E-state index is 14.8. The molecule has 0 amide bonds. The highest BCUT2D eigenvalue weighted by Gasteiger charge is 2.47. The van der Waals surface area contributed by atoms with Gasteiger partial charge in [-0.1, -0.05) is 81.5 Å². The first-order chi connectivity index (χ1) is 11.1. The van der Waals surface area contributed by atoms with E-state index in [0.29, 0.717) is 6.42 Å². The molecule has 2 rings (SSSR count). The van der Waals surface area contributed by atoms with Crippen molar-refractivity contribution in [3.63, 3.8) is 0 Å². The molecule has 0 saturated carbocycles. The van der Waals surface area contributed by atoms with Gasteiger partial charge < -0.3 is 10.0 Å². The predicted molar refractivity (Wildman–Crippen MR) is 94.7 cm³/mol. The zero-order chi connectivity index (χ0) is 16.7. The van der Waals surface area contributed by atoms with Crippen LogP contribution in [0, 0.1) is 0 Å². The van der Waals surface area contributed by atoms with Crippen molar-refractivity contribution in [3.05, 3.63) is 54.1 Å². The molecule has 0 bridgehead atoms. The smallest absolute Gasteiger partial charge is 0.426 e. The maximum absolute atomic E-state index is 14.8. The largest absolute Gasteiger partial charge is 0.465 e. The summed E-state index contributed by atoms with van der Waals surface area (Å²) < 4.78 is 14.8. The van der Waals surface area contributed by atoms with Crippen LogP contribution in [0.25, 0.3) is 5.57 Å². The number of rotatable bonds is 8. The van der Waals surface area contributed by atoms with Crippen molar-refractivity contribution in [1.82, 2.24) is 0 Å². The Labute approximate surface area is 138 Å². The normalized spacial score (nSPS) is 23.7. The first-order valence-corrected chi connectivity index (χ1v) is 8.57. The Morgan fingerprint density at radius 3 is 2.39 bits per heavy atom. The highest BCUT2D eigenvalue weighted by atomic mass is 19.1. The van der Waals surface area contributed by atoms with Gasteiger partial charge in [-0.2, -0.15) is 0 Å². The molecular formula is C19H26BFO2. The van der Waals surface area contributed by atoms with E-state index in [2.05, 4.69) is 6.92 Å². The molecule has 124 valence electrons. The van der Waals surface area contributed by atoms with Gasteiger partial charge in [-0.3, -0.25) is 0 Å². The molecule has 1 aromatic rings. The second-order valence-electron chi connectivity index (χ2n) is 6.37. The van der Waals surface area contributed by atoms with Gasteiger partial charge >= 0.3 is 7.12 Å². The summed E-state index contributed by atoms with van der Waals surface area (Å²) in [4.78, 5) is 0. The van der Waals surface area contributed by atoms with Crippen LogP contribution in [0.3, 0.4) is 0 Å². The van der Waals surface area contributed by atoms with Gasteiger partial charge in [-0.25, -0.2) is 4.39 Å². The molecule has 0 heterocycles. The molecular weight excluding hydrogens is 290 g/mol.